The highest BCUT2D eigenvalue weighted by atomic mass is 35.5. The van der Waals surface area contributed by atoms with Crippen molar-refractivity contribution in [2.45, 2.75) is 19.4 Å². The summed E-state index contributed by atoms with van der Waals surface area (Å²) in [6.07, 6.45) is 2.47. The summed E-state index contributed by atoms with van der Waals surface area (Å²) in [5.41, 5.74) is 3.26. The SMILES string of the molecule is CCOc1ccc(/C(O)=C2\C(=O)C(=O)N(CCc3c[nH]c4ccccc34)C2c2ccc(Cl)cc2)cc1. The van der Waals surface area contributed by atoms with E-state index in [0.717, 1.165) is 16.5 Å². The number of likely N-dealkylation sites (tertiary alicyclic amines) is 1. The van der Waals surface area contributed by atoms with Crippen LogP contribution in [0.25, 0.3) is 16.7 Å². The van der Waals surface area contributed by atoms with Crippen LogP contribution in [0.3, 0.4) is 0 Å². The third-order valence-electron chi connectivity index (χ3n) is 6.46. The van der Waals surface area contributed by atoms with Crippen molar-refractivity contribution in [1.29, 1.82) is 0 Å². The fourth-order valence-electron chi connectivity index (χ4n) is 4.71. The molecule has 0 radical (unpaired) electrons. The Bertz CT molecular complexity index is 1450. The van der Waals surface area contributed by atoms with Gasteiger partial charge in [0, 0.05) is 34.2 Å². The Labute approximate surface area is 213 Å². The number of nitrogens with zero attached hydrogens (tertiary/aromatic N) is 1. The van der Waals surface area contributed by atoms with Crippen LogP contribution in [0.5, 0.6) is 5.75 Å². The number of aromatic nitrogens is 1. The highest BCUT2D eigenvalue weighted by Crippen LogP contribution is 2.40. The van der Waals surface area contributed by atoms with Gasteiger partial charge in [0.25, 0.3) is 11.7 Å². The van der Waals surface area contributed by atoms with Crippen molar-refractivity contribution in [1.82, 2.24) is 9.88 Å². The van der Waals surface area contributed by atoms with Crippen LogP contribution in [0.4, 0.5) is 0 Å². The number of Topliss-reactive ketones (excluding diaryl/α,β-unsaturated/α-hetero) is 1. The van der Waals surface area contributed by atoms with Crippen molar-refractivity contribution in [3.05, 3.63) is 106 Å². The first-order valence-corrected chi connectivity index (χ1v) is 12.2. The van der Waals surface area contributed by atoms with Crippen molar-refractivity contribution >= 4 is 40.0 Å². The third kappa shape index (κ3) is 4.36. The molecule has 0 spiro atoms. The molecule has 1 unspecified atom stereocenters. The average Bonchev–Trinajstić information content (AvgIpc) is 3.42. The number of ketones is 1. The second kappa shape index (κ2) is 9.91. The number of H-pyrrole nitrogens is 1. The van der Waals surface area contributed by atoms with Gasteiger partial charge in [-0.05, 0) is 66.9 Å². The zero-order valence-corrected chi connectivity index (χ0v) is 20.5. The number of fused-ring (bicyclic) bond motifs is 1. The summed E-state index contributed by atoms with van der Waals surface area (Å²) in [6.45, 7) is 2.71. The summed E-state index contributed by atoms with van der Waals surface area (Å²) in [5.74, 6) is -0.907. The number of carbonyl (C=O) groups is 2. The number of carbonyl (C=O) groups excluding carboxylic acids is 2. The quantitative estimate of drug-likeness (QED) is 0.188. The van der Waals surface area contributed by atoms with Crippen LogP contribution in [0.2, 0.25) is 5.02 Å². The number of ether oxygens (including phenoxy) is 1. The van der Waals surface area contributed by atoms with Crippen LogP contribution >= 0.6 is 11.6 Å². The molecule has 5 rings (SSSR count). The van der Waals surface area contributed by atoms with Gasteiger partial charge in [0.05, 0.1) is 18.2 Å². The molecule has 7 heteroatoms. The molecule has 1 aliphatic rings. The van der Waals surface area contributed by atoms with E-state index >= 15 is 0 Å². The Hall–Kier alpha value is -4.03. The average molecular weight is 501 g/mol. The number of para-hydroxylation sites is 1. The molecule has 4 aromatic rings. The van der Waals surface area contributed by atoms with Crippen LogP contribution < -0.4 is 4.74 Å². The van der Waals surface area contributed by atoms with Gasteiger partial charge in [-0.25, -0.2) is 0 Å². The summed E-state index contributed by atoms with van der Waals surface area (Å²) in [7, 11) is 0. The molecular formula is C29H25ClN2O4. The lowest BCUT2D eigenvalue weighted by molar-refractivity contribution is -0.139. The predicted octanol–water partition coefficient (Wildman–Crippen LogP) is 5.88. The van der Waals surface area contributed by atoms with Gasteiger partial charge in [0.1, 0.15) is 11.5 Å². The molecule has 0 saturated carbocycles. The Morgan fingerprint density at radius 2 is 1.75 bits per heavy atom. The normalized spacial score (nSPS) is 17.2. The van der Waals surface area contributed by atoms with E-state index < -0.39 is 17.7 Å². The maximum absolute atomic E-state index is 13.3. The first-order chi connectivity index (χ1) is 17.5. The van der Waals surface area contributed by atoms with Gasteiger partial charge >= 0.3 is 0 Å². The summed E-state index contributed by atoms with van der Waals surface area (Å²) >= 11 is 6.11. The van der Waals surface area contributed by atoms with Gasteiger partial charge in [0.15, 0.2) is 0 Å². The standard InChI is InChI=1S/C29H25ClN2O4/c1-2-36-22-13-9-19(10-14-22)27(33)25-26(18-7-11-21(30)12-8-18)32(29(35)28(25)34)16-15-20-17-31-24-6-4-3-5-23(20)24/h3-14,17,26,31,33H,2,15-16H2,1H3/b27-25+. The lowest BCUT2D eigenvalue weighted by Crippen LogP contribution is -2.31. The van der Waals surface area contributed by atoms with Crippen molar-refractivity contribution in [3.63, 3.8) is 0 Å². The van der Waals surface area contributed by atoms with E-state index in [-0.39, 0.29) is 11.3 Å². The first-order valence-electron chi connectivity index (χ1n) is 11.8. The van der Waals surface area contributed by atoms with Crippen LogP contribution in [-0.2, 0) is 16.0 Å². The minimum absolute atomic E-state index is 0.0606. The van der Waals surface area contributed by atoms with Crippen molar-refractivity contribution < 1.29 is 19.4 Å². The fraction of sp³-hybridized carbons (Fsp3) is 0.172. The molecule has 0 aliphatic carbocycles. The molecule has 1 aromatic heterocycles. The topological polar surface area (TPSA) is 82.6 Å². The Balaban J connectivity index is 1.54. The molecule has 182 valence electrons. The number of halogens is 1. The number of aliphatic hydroxyl groups excluding tert-OH is 1. The van der Waals surface area contributed by atoms with Gasteiger partial charge < -0.3 is 19.7 Å². The van der Waals surface area contributed by atoms with E-state index in [4.69, 9.17) is 16.3 Å². The number of aliphatic hydroxyl groups is 1. The molecule has 1 fully saturated rings. The lowest BCUT2D eigenvalue weighted by atomic mass is 9.95. The van der Waals surface area contributed by atoms with Gasteiger partial charge in [0.2, 0.25) is 0 Å². The number of aromatic amines is 1. The van der Waals surface area contributed by atoms with E-state index in [1.807, 2.05) is 37.4 Å². The smallest absolute Gasteiger partial charge is 0.295 e. The highest BCUT2D eigenvalue weighted by molar-refractivity contribution is 6.46. The summed E-state index contributed by atoms with van der Waals surface area (Å²) in [5, 5.41) is 12.9. The number of hydrogen-bond donors (Lipinski definition) is 2. The monoisotopic (exact) mass is 500 g/mol. The largest absolute Gasteiger partial charge is 0.507 e. The second-order valence-electron chi connectivity index (χ2n) is 8.61. The van der Waals surface area contributed by atoms with Crippen LogP contribution in [0, 0.1) is 0 Å². The van der Waals surface area contributed by atoms with Crippen LogP contribution in [-0.4, -0.2) is 39.8 Å². The van der Waals surface area contributed by atoms with E-state index in [1.165, 1.54) is 4.90 Å². The molecule has 1 aliphatic heterocycles. The van der Waals surface area contributed by atoms with E-state index in [1.54, 1.807) is 48.5 Å². The second-order valence-corrected chi connectivity index (χ2v) is 9.05. The summed E-state index contributed by atoms with van der Waals surface area (Å²) in [4.78, 5) is 31.3. The molecule has 3 aromatic carbocycles. The maximum Gasteiger partial charge on any atom is 0.295 e. The van der Waals surface area contributed by atoms with Crippen molar-refractivity contribution in [3.8, 4) is 5.75 Å². The maximum atomic E-state index is 13.3. The predicted molar refractivity (Wildman–Crippen MR) is 140 cm³/mol. The van der Waals surface area contributed by atoms with Crippen molar-refractivity contribution in [2.75, 3.05) is 13.2 Å². The summed E-state index contributed by atoms with van der Waals surface area (Å²) in [6, 6.07) is 21.0. The molecule has 36 heavy (non-hydrogen) atoms. The summed E-state index contributed by atoms with van der Waals surface area (Å²) < 4.78 is 5.48. The van der Waals surface area contributed by atoms with Gasteiger partial charge in [-0.1, -0.05) is 41.9 Å². The Morgan fingerprint density at radius 1 is 1.03 bits per heavy atom. The van der Waals surface area contributed by atoms with E-state index in [9.17, 15) is 14.7 Å². The first kappa shape index (κ1) is 23.7. The van der Waals surface area contributed by atoms with Crippen LogP contribution in [0.15, 0.2) is 84.6 Å². The molecule has 2 N–H and O–H groups in total. The van der Waals surface area contributed by atoms with Gasteiger partial charge in [-0.2, -0.15) is 0 Å². The number of amides is 1. The number of nitrogens with one attached hydrogen (secondary N) is 1. The van der Waals surface area contributed by atoms with Crippen molar-refractivity contribution in [2.24, 2.45) is 0 Å². The van der Waals surface area contributed by atoms with Crippen LogP contribution in [0.1, 0.15) is 29.7 Å². The number of hydrogen-bond acceptors (Lipinski definition) is 4. The van der Waals surface area contributed by atoms with E-state index in [2.05, 4.69) is 4.98 Å². The molecule has 1 atom stereocenters. The third-order valence-corrected chi connectivity index (χ3v) is 6.71. The minimum Gasteiger partial charge on any atom is -0.507 e. The molecule has 1 saturated heterocycles. The van der Waals surface area contributed by atoms with E-state index in [0.29, 0.717) is 41.5 Å². The Morgan fingerprint density at radius 3 is 2.47 bits per heavy atom. The minimum atomic E-state index is -0.737. The molecule has 0 bridgehead atoms. The lowest BCUT2D eigenvalue weighted by Gasteiger charge is -2.25. The van der Waals surface area contributed by atoms with Gasteiger partial charge in [-0.15, -0.1) is 0 Å². The zero-order chi connectivity index (χ0) is 25.2. The van der Waals surface area contributed by atoms with Gasteiger partial charge in [-0.3, -0.25) is 9.59 Å². The molecule has 2 heterocycles. The fourth-order valence-corrected chi connectivity index (χ4v) is 4.84. The molecule has 1 amide bonds. The molecule has 6 nitrogen and oxygen atoms in total. The number of benzene rings is 3. The molecular weight excluding hydrogens is 476 g/mol. The number of rotatable bonds is 7. The Kier molecular flexibility index (Phi) is 6.53. The zero-order valence-electron chi connectivity index (χ0n) is 19.7. The highest BCUT2D eigenvalue weighted by Gasteiger charge is 2.45.